The van der Waals surface area contributed by atoms with Gasteiger partial charge in [0.15, 0.2) is 0 Å². The van der Waals surface area contributed by atoms with Crippen molar-refractivity contribution in [1.82, 2.24) is 0 Å². The average molecular weight is 118 g/mol. The number of aliphatic hydroxyl groups excluding tert-OH is 2. The molecule has 0 fully saturated rings. The Morgan fingerprint density at radius 2 is 1.25 bits per heavy atom. The highest BCUT2D eigenvalue weighted by atomic mass is 16.3. The summed E-state index contributed by atoms with van der Waals surface area (Å²) in [7, 11) is 0. The van der Waals surface area contributed by atoms with Crippen molar-refractivity contribution in [3.63, 3.8) is 0 Å². The molecule has 2 atom stereocenters. The second-order valence-corrected chi connectivity index (χ2v) is 1.95. The van der Waals surface area contributed by atoms with Crippen LogP contribution in [-0.4, -0.2) is 22.4 Å². The molecule has 0 aromatic heterocycles. The summed E-state index contributed by atoms with van der Waals surface area (Å²) in [5.74, 6) is 0. The highest BCUT2D eigenvalue weighted by Gasteiger charge is 2.09. The maximum absolute atomic E-state index is 8.88. The minimum atomic E-state index is -0.528. The third-order valence-electron chi connectivity index (χ3n) is 1.28. The Bertz CT molecular complexity index is 46.5. The van der Waals surface area contributed by atoms with Crippen LogP contribution in [0.2, 0.25) is 0 Å². The summed E-state index contributed by atoms with van der Waals surface area (Å²) in [4.78, 5) is 0. The van der Waals surface area contributed by atoms with Crippen molar-refractivity contribution in [3.05, 3.63) is 0 Å². The third kappa shape index (κ3) is 2.28. The van der Waals surface area contributed by atoms with Crippen LogP contribution in [0.15, 0.2) is 0 Å². The van der Waals surface area contributed by atoms with E-state index in [1.54, 1.807) is 0 Å². The summed E-state index contributed by atoms with van der Waals surface area (Å²) >= 11 is 0. The molecule has 2 nitrogen and oxygen atoms in total. The molecule has 8 heavy (non-hydrogen) atoms. The molecule has 0 amide bonds. The molecule has 0 saturated heterocycles. The van der Waals surface area contributed by atoms with Gasteiger partial charge >= 0.3 is 0 Å². The second kappa shape index (κ2) is 3.87. The van der Waals surface area contributed by atoms with Gasteiger partial charge in [-0.1, -0.05) is 13.8 Å². The molecule has 0 heterocycles. The fourth-order valence-electron chi connectivity index (χ4n) is 0.544. The summed E-state index contributed by atoms with van der Waals surface area (Å²) in [6.45, 7) is 3.70. The van der Waals surface area contributed by atoms with Crippen LogP contribution >= 0.6 is 0 Å². The molecule has 0 radical (unpaired) electrons. The molecule has 0 spiro atoms. The van der Waals surface area contributed by atoms with Crippen LogP contribution in [0.3, 0.4) is 0 Å². The largest absolute Gasteiger partial charge is 0.390 e. The Labute approximate surface area is 50.2 Å². The number of hydrogen-bond acceptors (Lipinski definition) is 2. The SMILES string of the molecule is CCC(O)[C@H](O)CC. The summed E-state index contributed by atoms with van der Waals surface area (Å²) < 4.78 is 0. The van der Waals surface area contributed by atoms with Crippen molar-refractivity contribution in [1.29, 1.82) is 0 Å². The monoisotopic (exact) mass is 118 g/mol. The first-order valence-corrected chi connectivity index (χ1v) is 3.08. The van der Waals surface area contributed by atoms with Crippen LogP contribution in [0.5, 0.6) is 0 Å². The van der Waals surface area contributed by atoms with Crippen LogP contribution < -0.4 is 0 Å². The summed E-state index contributed by atoms with van der Waals surface area (Å²) in [5.41, 5.74) is 0. The normalized spacial score (nSPS) is 18.0. The zero-order valence-electron chi connectivity index (χ0n) is 5.46. The lowest BCUT2D eigenvalue weighted by atomic mass is 10.1. The van der Waals surface area contributed by atoms with Gasteiger partial charge in [-0.05, 0) is 12.8 Å². The van der Waals surface area contributed by atoms with Crippen molar-refractivity contribution in [2.45, 2.75) is 38.9 Å². The number of aliphatic hydroxyl groups is 2. The van der Waals surface area contributed by atoms with Gasteiger partial charge in [0.25, 0.3) is 0 Å². The van der Waals surface area contributed by atoms with Crippen molar-refractivity contribution in [2.75, 3.05) is 0 Å². The quantitative estimate of drug-likeness (QED) is 0.567. The molecule has 0 aliphatic rings. The molecular formula is C6H14O2. The van der Waals surface area contributed by atoms with Gasteiger partial charge in [-0.2, -0.15) is 0 Å². The van der Waals surface area contributed by atoms with Crippen molar-refractivity contribution >= 4 is 0 Å². The second-order valence-electron chi connectivity index (χ2n) is 1.95. The van der Waals surface area contributed by atoms with Crippen LogP contribution in [0.25, 0.3) is 0 Å². The van der Waals surface area contributed by atoms with Gasteiger partial charge in [0.05, 0.1) is 12.2 Å². The maximum atomic E-state index is 8.88. The topological polar surface area (TPSA) is 40.5 Å². The highest BCUT2D eigenvalue weighted by molar-refractivity contribution is 4.61. The Balaban J connectivity index is 3.29. The van der Waals surface area contributed by atoms with E-state index in [0.29, 0.717) is 12.8 Å². The molecule has 0 aromatic carbocycles. The first-order chi connectivity index (χ1) is 3.72. The van der Waals surface area contributed by atoms with Gasteiger partial charge in [0.1, 0.15) is 0 Å². The van der Waals surface area contributed by atoms with E-state index in [0.717, 1.165) is 0 Å². The molecule has 0 aliphatic carbocycles. The lowest BCUT2D eigenvalue weighted by molar-refractivity contribution is 0.0157. The minimum absolute atomic E-state index is 0.528. The molecule has 50 valence electrons. The molecule has 0 aromatic rings. The van der Waals surface area contributed by atoms with Gasteiger partial charge in [-0.25, -0.2) is 0 Å². The van der Waals surface area contributed by atoms with E-state index >= 15 is 0 Å². The van der Waals surface area contributed by atoms with E-state index < -0.39 is 12.2 Å². The maximum Gasteiger partial charge on any atom is 0.0796 e. The van der Waals surface area contributed by atoms with Gasteiger partial charge in [0, 0.05) is 0 Å². The van der Waals surface area contributed by atoms with E-state index in [4.69, 9.17) is 10.2 Å². The Hall–Kier alpha value is -0.0800. The van der Waals surface area contributed by atoms with Gasteiger partial charge in [-0.15, -0.1) is 0 Å². The first kappa shape index (κ1) is 7.92. The van der Waals surface area contributed by atoms with Crippen LogP contribution in [0.1, 0.15) is 26.7 Å². The molecule has 0 bridgehead atoms. The minimum Gasteiger partial charge on any atom is -0.390 e. The molecule has 2 N–H and O–H groups in total. The van der Waals surface area contributed by atoms with Crippen LogP contribution in [0, 0.1) is 0 Å². The number of hydrogen-bond donors (Lipinski definition) is 2. The smallest absolute Gasteiger partial charge is 0.0796 e. The van der Waals surface area contributed by atoms with E-state index in [2.05, 4.69) is 0 Å². The van der Waals surface area contributed by atoms with Crippen LogP contribution in [-0.2, 0) is 0 Å². The molecule has 0 aliphatic heterocycles. The summed E-state index contributed by atoms with van der Waals surface area (Å²) in [5, 5.41) is 17.8. The van der Waals surface area contributed by atoms with Crippen molar-refractivity contribution in [3.8, 4) is 0 Å². The zero-order valence-corrected chi connectivity index (χ0v) is 5.46. The fourth-order valence-corrected chi connectivity index (χ4v) is 0.544. The predicted octanol–water partition coefficient (Wildman–Crippen LogP) is 0.528. The highest BCUT2D eigenvalue weighted by Crippen LogP contribution is 2.00. The number of rotatable bonds is 3. The Morgan fingerprint density at radius 1 is 1.00 bits per heavy atom. The van der Waals surface area contributed by atoms with Crippen molar-refractivity contribution in [2.24, 2.45) is 0 Å². The summed E-state index contributed by atoms with van der Waals surface area (Å²) in [6, 6.07) is 0. The van der Waals surface area contributed by atoms with E-state index in [9.17, 15) is 0 Å². The van der Waals surface area contributed by atoms with Gasteiger partial charge in [-0.3, -0.25) is 0 Å². The van der Waals surface area contributed by atoms with Gasteiger partial charge in [0.2, 0.25) is 0 Å². The van der Waals surface area contributed by atoms with E-state index in [1.165, 1.54) is 0 Å². The molecular weight excluding hydrogens is 104 g/mol. The average Bonchev–Trinajstić information content (AvgIpc) is 1.84. The predicted molar refractivity (Wildman–Crippen MR) is 32.6 cm³/mol. The Kier molecular flexibility index (Phi) is 3.83. The molecule has 0 rings (SSSR count). The van der Waals surface area contributed by atoms with E-state index in [1.807, 2.05) is 13.8 Å². The van der Waals surface area contributed by atoms with Crippen LogP contribution in [0.4, 0.5) is 0 Å². The first-order valence-electron chi connectivity index (χ1n) is 3.08. The lowest BCUT2D eigenvalue weighted by Gasteiger charge is -2.12. The lowest BCUT2D eigenvalue weighted by Crippen LogP contribution is -2.23. The standard InChI is InChI=1S/C6H14O2/c1-3-5(7)6(8)4-2/h5-8H,3-4H2,1-2H3/t5-,6?/m1/s1. The van der Waals surface area contributed by atoms with E-state index in [-0.39, 0.29) is 0 Å². The molecule has 2 heteroatoms. The Morgan fingerprint density at radius 3 is 1.38 bits per heavy atom. The third-order valence-corrected chi connectivity index (χ3v) is 1.28. The van der Waals surface area contributed by atoms with Crippen molar-refractivity contribution < 1.29 is 10.2 Å². The summed E-state index contributed by atoms with van der Waals surface area (Å²) in [6.07, 6.45) is 0.212. The molecule has 1 unspecified atom stereocenters. The van der Waals surface area contributed by atoms with Gasteiger partial charge < -0.3 is 10.2 Å². The zero-order chi connectivity index (χ0) is 6.57. The fraction of sp³-hybridized carbons (Fsp3) is 1.00. The molecule has 0 saturated carbocycles.